The predicted molar refractivity (Wildman–Crippen MR) is 132 cm³/mol. The summed E-state index contributed by atoms with van der Waals surface area (Å²) in [6.45, 7) is 3.84. The molecule has 0 spiro atoms. The highest BCUT2D eigenvalue weighted by atomic mass is 16.2. The highest BCUT2D eigenvalue weighted by Crippen LogP contribution is 2.35. The van der Waals surface area contributed by atoms with Crippen molar-refractivity contribution in [3.63, 3.8) is 0 Å². The van der Waals surface area contributed by atoms with Gasteiger partial charge in [0.1, 0.15) is 11.7 Å². The van der Waals surface area contributed by atoms with Crippen molar-refractivity contribution in [2.45, 2.75) is 43.7 Å². The van der Waals surface area contributed by atoms with Gasteiger partial charge in [-0.2, -0.15) is 0 Å². The molecule has 3 heterocycles. The van der Waals surface area contributed by atoms with E-state index in [4.69, 9.17) is 5.73 Å². The molecule has 176 valence electrons. The quantitative estimate of drug-likeness (QED) is 0.608. The highest BCUT2D eigenvalue weighted by Gasteiger charge is 2.43. The molecular weight excluding hydrogens is 424 g/mol. The molecule has 2 aliphatic rings. The van der Waals surface area contributed by atoms with Crippen molar-refractivity contribution >= 4 is 11.8 Å². The molecule has 0 aliphatic carbocycles. The predicted octanol–water partition coefficient (Wildman–Crippen LogP) is 4.05. The van der Waals surface area contributed by atoms with Crippen molar-refractivity contribution in [1.82, 2.24) is 14.8 Å². The van der Waals surface area contributed by atoms with Gasteiger partial charge in [-0.15, -0.1) is 0 Å². The average Bonchev–Trinajstić information content (AvgIpc) is 3.64. The Morgan fingerprint density at radius 1 is 0.912 bits per heavy atom. The Kier molecular flexibility index (Phi) is 6.24. The first-order valence-corrected chi connectivity index (χ1v) is 12.2. The maximum atomic E-state index is 13.8. The van der Waals surface area contributed by atoms with Gasteiger partial charge in [0.15, 0.2) is 0 Å². The zero-order valence-corrected chi connectivity index (χ0v) is 19.6. The molecule has 3 N–H and O–H groups in total. The average molecular weight is 457 g/mol. The second-order valence-corrected chi connectivity index (χ2v) is 9.61. The minimum Gasteiger partial charge on any atom is -0.353 e. The molecule has 4 unspecified atom stereocenters. The lowest BCUT2D eigenvalue weighted by molar-refractivity contribution is -0.134. The molecule has 2 saturated heterocycles. The Labute approximate surface area is 200 Å². The first-order valence-electron chi connectivity index (χ1n) is 12.2. The van der Waals surface area contributed by atoms with Crippen LogP contribution in [-0.4, -0.2) is 52.3 Å². The van der Waals surface area contributed by atoms with Gasteiger partial charge < -0.3 is 20.5 Å². The van der Waals surface area contributed by atoms with E-state index in [1.807, 2.05) is 42.2 Å². The molecule has 0 saturated carbocycles. The van der Waals surface area contributed by atoms with Crippen molar-refractivity contribution in [3.8, 4) is 0 Å². The first-order chi connectivity index (χ1) is 16.5. The Hall–Kier alpha value is -3.38. The van der Waals surface area contributed by atoms with E-state index in [0.29, 0.717) is 31.1 Å². The number of likely N-dealkylation sites (tertiary alicyclic amines) is 2. The molecule has 34 heavy (non-hydrogen) atoms. The molecule has 2 aliphatic heterocycles. The van der Waals surface area contributed by atoms with Gasteiger partial charge in [-0.25, -0.2) is 0 Å². The van der Waals surface area contributed by atoms with Crippen molar-refractivity contribution in [2.24, 2.45) is 5.73 Å². The Bertz CT molecular complexity index is 1140. The zero-order valence-electron chi connectivity index (χ0n) is 19.6. The summed E-state index contributed by atoms with van der Waals surface area (Å²) in [7, 11) is 0. The van der Waals surface area contributed by atoms with Crippen molar-refractivity contribution in [3.05, 3.63) is 95.3 Å². The number of H-pyrrole nitrogens is 1. The summed E-state index contributed by atoms with van der Waals surface area (Å²) >= 11 is 0. The van der Waals surface area contributed by atoms with Crippen LogP contribution in [0.3, 0.4) is 0 Å². The third kappa shape index (κ3) is 4.38. The molecule has 2 fully saturated rings. The van der Waals surface area contributed by atoms with Gasteiger partial charge in [-0.05, 0) is 43.0 Å². The molecule has 0 radical (unpaired) electrons. The smallest absolute Gasteiger partial charge is 0.270 e. The second kappa shape index (κ2) is 9.47. The SMILES string of the molecule is CC(N)c1ccc(C(=O)N2CC(c3ccccc3)CC2C(=O)N2CCC(c3ccccc3)C2)[nH]1. The van der Waals surface area contributed by atoms with E-state index in [1.54, 1.807) is 11.0 Å². The summed E-state index contributed by atoms with van der Waals surface area (Å²) in [6.07, 6.45) is 1.59. The number of benzene rings is 2. The van der Waals surface area contributed by atoms with Crippen LogP contribution in [0, 0.1) is 0 Å². The standard InChI is InChI=1S/C28H32N4O2/c1-19(29)24-12-13-25(30-24)27(33)32-18-23(21-10-6-3-7-11-21)16-26(32)28(34)31-15-14-22(17-31)20-8-4-2-5-9-20/h2-13,19,22-23,26,30H,14-18,29H2,1H3. The minimum absolute atomic E-state index is 0.0594. The van der Waals surface area contributed by atoms with Crippen LogP contribution in [0.5, 0.6) is 0 Å². The number of carbonyl (C=O) groups is 2. The van der Waals surface area contributed by atoms with E-state index in [1.165, 1.54) is 11.1 Å². The van der Waals surface area contributed by atoms with E-state index in [0.717, 1.165) is 18.7 Å². The summed E-state index contributed by atoms with van der Waals surface area (Å²) in [5.41, 5.74) is 9.73. The number of hydrogen-bond donors (Lipinski definition) is 2. The summed E-state index contributed by atoms with van der Waals surface area (Å²) in [5.74, 6) is 0.402. The molecule has 0 bridgehead atoms. The van der Waals surface area contributed by atoms with E-state index < -0.39 is 6.04 Å². The van der Waals surface area contributed by atoms with Crippen LogP contribution >= 0.6 is 0 Å². The number of amides is 2. The molecule has 3 aromatic rings. The summed E-state index contributed by atoms with van der Waals surface area (Å²) in [6, 6.07) is 23.6. The van der Waals surface area contributed by atoms with E-state index in [2.05, 4.69) is 41.4 Å². The number of carbonyl (C=O) groups excluding carboxylic acids is 2. The molecular formula is C28H32N4O2. The van der Waals surface area contributed by atoms with Gasteiger partial charge in [-0.1, -0.05) is 60.7 Å². The Morgan fingerprint density at radius 2 is 1.56 bits per heavy atom. The van der Waals surface area contributed by atoms with Gasteiger partial charge in [0.25, 0.3) is 5.91 Å². The van der Waals surface area contributed by atoms with Gasteiger partial charge in [0, 0.05) is 43.2 Å². The maximum Gasteiger partial charge on any atom is 0.270 e. The second-order valence-electron chi connectivity index (χ2n) is 9.61. The minimum atomic E-state index is -0.464. The van der Waals surface area contributed by atoms with Crippen LogP contribution in [0.2, 0.25) is 0 Å². The van der Waals surface area contributed by atoms with Crippen molar-refractivity contribution < 1.29 is 9.59 Å². The fourth-order valence-electron chi connectivity index (χ4n) is 5.39. The number of aromatic amines is 1. The fourth-order valence-corrected chi connectivity index (χ4v) is 5.39. The molecule has 1 aromatic heterocycles. The lowest BCUT2D eigenvalue weighted by Gasteiger charge is -2.27. The Morgan fingerprint density at radius 3 is 2.18 bits per heavy atom. The summed E-state index contributed by atoms with van der Waals surface area (Å²) < 4.78 is 0. The maximum absolute atomic E-state index is 13.8. The fraction of sp³-hybridized carbons (Fsp3) is 0.357. The monoisotopic (exact) mass is 456 g/mol. The number of nitrogens with zero attached hydrogens (tertiary/aromatic N) is 2. The molecule has 6 heteroatoms. The van der Waals surface area contributed by atoms with Gasteiger partial charge >= 0.3 is 0 Å². The summed E-state index contributed by atoms with van der Waals surface area (Å²) in [4.78, 5) is 34.2. The number of rotatable bonds is 5. The van der Waals surface area contributed by atoms with Crippen LogP contribution in [0.4, 0.5) is 0 Å². The molecule has 5 rings (SSSR count). The van der Waals surface area contributed by atoms with Gasteiger partial charge in [0.2, 0.25) is 5.91 Å². The van der Waals surface area contributed by atoms with E-state index >= 15 is 0 Å². The third-order valence-corrected chi connectivity index (χ3v) is 7.32. The van der Waals surface area contributed by atoms with Crippen molar-refractivity contribution in [2.75, 3.05) is 19.6 Å². The largest absolute Gasteiger partial charge is 0.353 e. The molecule has 2 amide bonds. The molecule has 6 nitrogen and oxygen atoms in total. The van der Waals surface area contributed by atoms with E-state index in [9.17, 15) is 9.59 Å². The van der Waals surface area contributed by atoms with Gasteiger partial charge in [0.05, 0.1) is 0 Å². The highest BCUT2D eigenvalue weighted by molar-refractivity contribution is 5.97. The lowest BCUT2D eigenvalue weighted by Crippen LogP contribution is -2.47. The zero-order chi connectivity index (χ0) is 23.7. The lowest BCUT2D eigenvalue weighted by atomic mass is 9.96. The van der Waals surface area contributed by atoms with Crippen LogP contribution in [-0.2, 0) is 4.79 Å². The van der Waals surface area contributed by atoms with Crippen LogP contribution in [0.15, 0.2) is 72.8 Å². The normalized spacial score (nSPS) is 23.3. The summed E-state index contributed by atoms with van der Waals surface area (Å²) in [5, 5.41) is 0. The number of aromatic nitrogens is 1. The van der Waals surface area contributed by atoms with Crippen molar-refractivity contribution in [1.29, 1.82) is 0 Å². The number of hydrogen-bond acceptors (Lipinski definition) is 3. The van der Waals surface area contributed by atoms with E-state index in [-0.39, 0.29) is 23.8 Å². The first kappa shape index (κ1) is 22.4. The van der Waals surface area contributed by atoms with Crippen LogP contribution < -0.4 is 5.73 Å². The van der Waals surface area contributed by atoms with Gasteiger partial charge in [-0.3, -0.25) is 9.59 Å². The van der Waals surface area contributed by atoms with Crippen LogP contribution in [0.1, 0.15) is 65.0 Å². The number of nitrogens with one attached hydrogen (secondary N) is 1. The molecule has 2 aromatic carbocycles. The topological polar surface area (TPSA) is 82.4 Å². The van der Waals surface area contributed by atoms with Crippen LogP contribution in [0.25, 0.3) is 0 Å². The Balaban J connectivity index is 1.38. The number of nitrogens with two attached hydrogens (primary N) is 1. The third-order valence-electron chi connectivity index (χ3n) is 7.32. The molecule has 4 atom stereocenters.